The fourth-order valence-electron chi connectivity index (χ4n) is 2.28. The van der Waals surface area contributed by atoms with E-state index in [4.69, 9.17) is 5.73 Å². The number of aromatic nitrogens is 5. The number of amides is 1. The molecule has 0 saturated carbocycles. The summed E-state index contributed by atoms with van der Waals surface area (Å²) < 4.78 is 5.83. The Morgan fingerprint density at radius 2 is 2.18 bits per heavy atom. The molecule has 28 heavy (non-hydrogen) atoms. The number of nitrogens with two attached hydrogens (primary N) is 1. The highest BCUT2D eigenvalue weighted by Gasteiger charge is 2.24. The quantitative estimate of drug-likeness (QED) is 0.317. The van der Waals surface area contributed by atoms with Crippen molar-refractivity contribution in [2.45, 2.75) is 6.54 Å². The molecule has 0 aliphatic rings. The van der Waals surface area contributed by atoms with Gasteiger partial charge in [-0.15, -0.1) is 5.10 Å². The standard InChI is InChI=1S/C15H17N9O4/c1-23(2)7-10-12(18-22-24(10)14-13(16)20-28-21-14)15(27)19-17-6-8-3-4-9(25)5-11(8)26/h3-6,25-26H,7H2,1-2H3,(H2,16,20)(H,19,27). The second kappa shape index (κ2) is 7.71. The van der Waals surface area contributed by atoms with Gasteiger partial charge in [0.05, 0.1) is 11.9 Å². The number of phenolic OH excluding ortho intramolecular Hbond substituents is 2. The number of anilines is 1. The molecule has 0 aliphatic carbocycles. The lowest BCUT2D eigenvalue weighted by molar-refractivity contribution is 0.0948. The molecule has 13 heteroatoms. The summed E-state index contributed by atoms with van der Waals surface area (Å²) in [5.74, 6) is -0.803. The van der Waals surface area contributed by atoms with Crippen LogP contribution in [0.4, 0.5) is 5.82 Å². The third-order valence-electron chi connectivity index (χ3n) is 3.52. The van der Waals surface area contributed by atoms with Gasteiger partial charge in [0.25, 0.3) is 5.91 Å². The van der Waals surface area contributed by atoms with E-state index in [0.717, 1.165) is 6.07 Å². The predicted molar refractivity (Wildman–Crippen MR) is 95.9 cm³/mol. The van der Waals surface area contributed by atoms with Crippen molar-refractivity contribution >= 4 is 17.9 Å². The van der Waals surface area contributed by atoms with E-state index in [-0.39, 0.29) is 28.8 Å². The number of hydrogen-bond acceptors (Lipinski definition) is 11. The maximum Gasteiger partial charge on any atom is 0.293 e. The molecule has 1 amide bonds. The number of benzene rings is 1. The van der Waals surface area contributed by atoms with Gasteiger partial charge in [0.1, 0.15) is 11.5 Å². The van der Waals surface area contributed by atoms with E-state index in [1.807, 2.05) is 0 Å². The molecule has 146 valence electrons. The molecule has 3 rings (SSSR count). The first-order chi connectivity index (χ1) is 13.4. The van der Waals surface area contributed by atoms with Crippen LogP contribution in [0.25, 0.3) is 5.82 Å². The predicted octanol–water partition coefficient (Wildman–Crippen LogP) is -0.531. The first-order valence-corrected chi connectivity index (χ1v) is 7.90. The Bertz CT molecular complexity index is 1020. The topological polar surface area (TPSA) is 181 Å². The zero-order valence-electron chi connectivity index (χ0n) is 14.9. The lowest BCUT2D eigenvalue weighted by Crippen LogP contribution is -2.23. The minimum Gasteiger partial charge on any atom is -0.508 e. The molecule has 0 atom stereocenters. The summed E-state index contributed by atoms with van der Waals surface area (Å²) in [6.07, 6.45) is 1.22. The second-order valence-electron chi connectivity index (χ2n) is 5.95. The highest BCUT2D eigenvalue weighted by Crippen LogP contribution is 2.21. The molecule has 0 fully saturated rings. The molecule has 1 aromatic carbocycles. The molecule has 0 radical (unpaired) electrons. The minimum absolute atomic E-state index is 0.00214. The average molecular weight is 387 g/mol. The van der Waals surface area contributed by atoms with Gasteiger partial charge in [0, 0.05) is 18.2 Å². The average Bonchev–Trinajstić information content (AvgIpc) is 3.22. The zero-order valence-corrected chi connectivity index (χ0v) is 14.9. The Labute approximate surface area is 158 Å². The van der Waals surface area contributed by atoms with E-state index in [0.29, 0.717) is 17.8 Å². The molecule has 13 nitrogen and oxygen atoms in total. The number of carbonyl (C=O) groups excluding carboxylic acids is 1. The van der Waals surface area contributed by atoms with E-state index < -0.39 is 5.91 Å². The summed E-state index contributed by atoms with van der Waals surface area (Å²) in [6, 6.07) is 3.97. The minimum atomic E-state index is -0.632. The number of phenols is 2. The van der Waals surface area contributed by atoms with Crippen molar-refractivity contribution in [3.05, 3.63) is 35.2 Å². The number of nitrogens with zero attached hydrogens (tertiary/aromatic N) is 7. The number of nitrogens with one attached hydrogen (secondary N) is 1. The summed E-state index contributed by atoms with van der Waals surface area (Å²) in [5, 5.41) is 37.7. The third-order valence-corrected chi connectivity index (χ3v) is 3.52. The van der Waals surface area contributed by atoms with Crippen LogP contribution in [-0.4, -0.2) is 66.6 Å². The van der Waals surface area contributed by atoms with E-state index in [1.165, 1.54) is 23.0 Å². The molecule has 0 bridgehead atoms. The molecular formula is C15H17N9O4. The summed E-state index contributed by atoms with van der Waals surface area (Å²) in [7, 11) is 3.60. The number of hydrazone groups is 1. The van der Waals surface area contributed by atoms with E-state index >= 15 is 0 Å². The Morgan fingerprint density at radius 1 is 1.39 bits per heavy atom. The van der Waals surface area contributed by atoms with Gasteiger partial charge in [-0.2, -0.15) is 9.78 Å². The summed E-state index contributed by atoms with van der Waals surface area (Å²) in [5.41, 5.74) is 8.70. The number of aromatic hydroxyl groups is 2. The molecular weight excluding hydrogens is 370 g/mol. The van der Waals surface area contributed by atoms with Crippen LogP contribution in [0, 0.1) is 0 Å². The first-order valence-electron chi connectivity index (χ1n) is 7.90. The molecule has 2 aromatic heterocycles. The van der Waals surface area contributed by atoms with Gasteiger partial charge < -0.3 is 20.8 Å². The van der Waals surface area contributed by atoms with Crippen LogP contribution in [-0.2, 0) is 6.54 Å². The largest absolute Gasteiger partial charge is 0.508 e. The smallest absolute Gasteiger partial charge is 0.293 e. The molecule has 0 unspecified atom stereocenters. The normalized spacial score (nSPS) is 11.4. The van der Waals surface area contributed by atoms with Gasteiger partial charge >= 0.3 is 0 Å². The van der Waals surface area contributed by atoms with Crippen molar-refractivity contribution in [1.82, 2.24) is 35.6 Å². The molecule has 0 spiro atoms. The Hall–Kier alpha value is -4.00. The SMILES string of the molecule is CN(C)Cc1c(C(=O)NN=Cc2ccc(O)cc2O)nnn1-c1nonc1N. The van der Waals surface area contributed by atoms with E-state index in [9.17, 15) is 15.0 Å². The van der Waals surface area contributed by atoms with Crippen LogP contribution in [0.5, 0.6) is 11.5 Å². The molecule has 3 aromatic rings. The van der Waals surface area contributed by atoms with Gasteiger partial charge in [-0.05, 0) is 36.5 Å². The maximum atomic E-state index is 12.5. The number of rotatable bonds is 6. The molecule has 0 saturated heterocycles. The molecule has 2 heterocycles. The van der Waals surface area contributed by atoms with E-state index in [1.54, 1.807) is 19.0 Å². The van der Waals surface area contributed by atoms with Crippen LogP contribution in [0.2, 0.25) is 0 Å². The lowest BCUT2D eigenvalue weighted by atomic mass is 10.2. The van der Waals surface area contributed by atoms with Crippen molar-refractivity contribution in [3.8, 4) is 17.3 Å². The molecule has 5 N–H and O–H groups in total. The first kappa shape index (κ1) is 18.8. The van der Waals surface area contributed by atoms with Crippen LogP contribution in [0.15, 0.2) is 27.9 Å². The Balaban J connectivity index is 1.84. The highest BCUT2D eigenvalue weighted by molar-refractivity contribution is 5.94. The van der Waals surface area contributed by atoms with Crippen molar-refractivity contribution in [2.24, 2.45) is 5.10 Å². The van der Waals surface area contributed by atoms with Gasteiger partial charge in [-0.1, -0.05) is 5.21 Å². The highest BCUT2D eigenvalue weighted by atomic mass is 16.6. The van der Waals surface area contributed by atoms with Crippen LogP contribution in [0.1, 0.15) is 21.7 Å². The van der Waals surface area contributed by atoms with Crippen molar-refractivity contribution in [2.75, 3.05) is 19.8 Å². The zero-order chi connectivity index (χ0) is 20.3. The number of carbonyl (C=O) groups is 1. The van der Waals surface area contributed by atoms with Crippen molar-refractivity contribution in [1.29, 1.82) is 0 Å². The Morgan fingerprint density at radius 3 is 2.82 bits per heavy atom. The van der Waals surface area contributed by atoms with Crippen LogP contribution in [0.3, 0.4) is 0 Å². The molecule has 0 aliphatic heterocycles. The summed E-state index contributed by atoms with van der Waals surface area (Å²) in [4.78, 5) is 14.3. The Kier molecular flexibility index (Phi) is 5.17. The maximum absolute atomic E-state index is 12.5. The van der Waals surface area contributed by atoms with Gasteiger partial charge in [0.2, 0.25) is 11.6 Å². The number of nitrogen functional groups attached to an aromatic ring is 1. The van der Waals surface area contributed by atoms with Gasteiger partial charge in [-0.3, -0.25) is 4.79 Å². The van der Waals surface area contributed by atoms with Crippen molar-refractivity contribution in [3.63, 3.8) is 0 Å². The third kappa shape index (κ3) is 3.88. The summed E-state index contributed by atoms with van der Waals surface area (Å²) in [6.45, 7) is 0.296. The fourth-order valence-corrected chi connectivity index (χ4v) is 2.28. The van der Waals surface area contributed by atoms with E-state index in [2.05, 4.69) is 35.8 Å². The number of hydrogen-bond donors (Lipinski definition) is 4. The van der Waals surface area contributed by atoms with Gasteiger partial charge in [0.15, 0.2) is 5.69 Å². The van der Waals surface area contributed by atoms with Crippen LogP contribution >= 0.6 is 0 Å². The van der Waals surface area contributed by atoms with Crippen molar-refractivity contribution < 1.29 is 19.6 Å². The van der Waals surface area contributed by atoms with Crippen LogP contribution < -0.4 is 11.2 Å². The van der Waals surface area contributed by atoms with Gasteiger partial charge in [-0.25, -0.2) is 10.1 Å². The second-order valence-corrected chi connectivity index (χ2v) is 5.95. The fraction of sp³-hybridized carbons (Fsp3) is 0.200. The summed E-state index contributed by atoms with van der Waals surface area (Å²) >= 11 is 0. The lowest BCUT2D eigenvalue weighted by Gasteiger charge is -2.11. The monoisotopic (exact) mass is 387 g/mol.